The van der Waals surface area contributed by atoms with Crippen LogP contribution in [0.15, 0.2) is 48.5 Å². The second kappa shape index (κ2) is 9.39. The van der Waals surface area contributed by atoms with Crippen LogP contribution in [0.5, 0.6) is 0 Å². The molecule has 2 aromatic carbocycles. The highest BCUT2D eigenvalue weighted by Gasteiger charge is 2.12. The quantitative estimate of drug-likeness (QED) is 0.755. The zero-order valence-electron chi connectivity index (χ0n) is 15.5. The summed E-state index contributed by atoms with van der Waals surface area (Å²) in [5.41, 5.74) is 2.98. The molecule has 2 rings (SSSR count). The van der Waals surface area contributed by atoms with E-state index < -0.39 is 0 Å². The Morgan fingerprint density at radius 2 is 1.65 bits per heavy atom. The van der Waals surface area contributed by atoms with Gasteiger partial charge in [-0.1, -0.05) is 49.7 Å². The van der Waals surface area contributed by atoms with Gasteiger partial charge < -0.3 is 10.2 Å². The lowest BCUT2D eigenvalue weighted by atomic mass is 10.0. The van der Waals surface area contributed by atoms with Gasteiger partial charge in [-0.2, -0.15) is 0 Å². The fourth-order valence-electron chi connectivity index (χ4n) is 2.57. The van der Waals surface area contributed by atoms with Gasteiger partial charge in [0.1, 0.15) is 0 Å². The number of hydrogen-bond acceptors (Lipinski definition) is 2. The van der Waals surface area contributed by atoms with Gasteiger partial charge in [0, 0.05) is 37.1 Å². The van der Waals surface area contributed by atoms with E-state index in [1.807, 2.05) is 36.4 Å². The van der Waals surface area contributed by atoms with Gasteiger partial charge in [-0.25, -0.2) is 0 Å². The molecule has 4 nitrogen and oxygen atoms in total. The molecule has 0 aliphatic carbocycles. The van der Waals surface area contributed by atoms with Crippen molar-refractivity contribution in [2.75, 3.05) is 11.9 Å². The average molecular weight is 373 g/mol. The van der Waals surface area contributed by atoms with Gasteiger partial charge >= 0.3 is 0 Å². The van der Waals surface area contributed by atoms with Crippen molar-refractivity contribution in [2.45, 2.75) is 39.7 Å². The van der Waals surface area contributed by atoms with E-state index in [1.165, 1.54) is 12.5 Å². The third kappa shape index (κ3) is 6.19. The summed E-state index contributed by atoms with van der Waals surface area (Å²) in [4.78, 5) is 25.7. The summed E-state index contributed by atoms with van der Waals surface area (Å²) >= 11 is 5.88. The van der Waals surface area contributed by atoms with Crippen molar-refractivity contribution in [3.63, 3.8) is 0 Å². The Hall–Kier alpha value is -2.33. The predicted molar refractivity (Wildman–Crippen MR) is 106 cm³/mol. The minimum Gasteiger partial charge on any atom is -0.338 e. The molecular weight excluding hydrogens is 348 g/mol. The van der Waals surface area contributed by atoms with Crippen LogP contribution in [0.4, 0.5) is 5.69 Å². The van der Waals surface area contributed by atoms with E-state index in [1.54, 1.807) is 17.0 Å². The van der Waals surface area contributed by atoms with Gasteiger partial charge in [0.05, 0.1) is 0 Å². The topological polar surface area (TPSA) is 49.4 Å². The highest BCUT2D eigenvalue weighted by Crippen LogP contribution is 2.17. The van der Waals surface area contributed by atoms with Crippen LogP contribution in [0.1, 0.15) is 44.2 Å². The average Bonchev–Trinajstić information content (AvgIpc) is 2.60. The number of carbonyl (C=O) groups excluding carboxylic acids is 2. The first-order valence-electron chi connectivity index (χ1n) is 8.75. The van der Waals surface area contributed by atoms with Gasteiger partial charge in [0.2, 0.25) is 11.8 Å². The lowest BCUT2D eigenvalue weighted by Gasteiger charge is -2.21. The van der Waals surface area contributed by atoms with Crippen LogP contribution >= 0.6 is 11.6 Å². The van der Waals surface area contributed by atoms with Crippen molar-refractivity contribution >= 4 is 29.1 Å². The van der Waals surface area contributed by atoms with E-state index in [0.29, 0.717) is 24.0 Å². The summed E-state index contributed by atoms with van der Waals surface area (Å²) < 4.78 is 0. The number of nitrogens with zero attached hydrogens (tertiary/aromatic N) is 1. The number of hydrogen-bond donors (Lipinski definition) is 1. The second-order valence-corrected chi connectivity index (χ2v) is 7.08. The summed E-state index contributed by atoms with van der Waals surface area (Å²) in [7, 11) is 0. The number of benzene rings is 2. The SMILES string of the molecule is CC(=O)N(CCC(=O)Nc1ccc(C(C)C)cc1)Cc1ccc(Cl)cc1. The molecule has 0 bridgehead atoms. The number of amides is 2. The minimum absolute atomic E-state index is 0.0611. The van der Waals surface area contributed by atoms with Crippen molar-refractivity contribution in [2.24, 2.45) is 0 Å². The van der Waals surface area contributed by atoms with E-state index in [-0.39, 0.29) is 18.2 Å². The van der Waals surface area contributed by atoms with E-state index in [2.05, 4.69) is 19.2 Å². The summed E-state index contributed by atoms with van der Waals surface area (Å²) in [5.74, 6) is 0.287. The molecule has 5 heteroatoms. The third-order valence-electron chi connectivity index (χ3n) is 4.20. The third-order valence-corrected chi connectivity index (χ3v) is 4.45. The zero-order chi connectivity index (χ0) is 19.1. The zero-order valence-corrected chi connectivity index (χ0v) is 16.2. The number of rotatable bonds is 7. The normalized spacial score (nSPS) is 10.7. The molecular formula is C21H25ClN2O2. The molecule has 0 aliphatic rings. The Labute approximate surface area is 160 Å². The van der Waals surface area contributed by atoms with Gasteiger partial charge in [-0.3, -0.25) is 9.59 Å². The number of anilines is 1. The summed E-state index contributed by atoms with van der Waals surface area (Å²) in [6.45, 7) is 6.60. The van der Waals surface area contributed by atoms with Crippen molar-refractivity contribution in [3.8, 4) is 0 Å². The first kappa shape index (κ1) is 20.0. The van der Waals surface area contributed by atoms with Gasteiger partial charge in [-0.05, 0) is 41.3 Å². The Balaban J connectivity index is 1.88. The molecule has 0 unspecified atom stereocenters. The Kier molecular flexibility index (Phi) is 7.22. The molecule has 0 aromatic heterocycles. The molecule has 0 saturated heterocycles. The molecule has 0 aliphatic heterocycles. The molecule has 2 aromatic rings. The van der Waals surface area contributed by atoms with Crippen molar-refractivity contribution < 1.29 is 9.59 Å². The molecule has 1 N–H and O–H groups in total. The predicted octanol–water partition coefficient (Wildman–Crippen LogP) is 4.84. The Bertz CT molecular complexity index is 740. The summed E-state index contributed by atoms with van der Waals surface area (Å²) in [6.07, 6.45) is 0.249. The molecule has 0 heterocycles. The highest BCUT2D eigenvalue weighted by molar-refractivity contribution is 6.30. The van der Waals surface area contributed by atoms with E-state index >= 15 is 0 Å². The van der Waals surface area contributed by atoms with Crippen molar-refractivity contribution in [3.05, 3.63) is 64.7 Å². The summed E-state index contributed by atoms with van der Waals surface area (Å²) in [5, 5.41) is 3.54. The standard InChI is InChI=1S/C21H25ClN2O2/c1-15(2)18-6-10-20(11-7-18)23-21(26)12-13-24(16(3)25)14-17-4-8-19(22)9-5-17/h4-11,15H,12-14H2,1-3H3,(H,23,26). The van der Waals surface area contributed by atoms with Crippen LogP contribution in [-0.2, 0) is 16.1 Å². The van der Waals surface area contributed by atoms with E-state index in [4.69, 9.17) is 11.6 Å². The minimum atomic E-state index is -0.107. The van der Waals surface area contributed by atoms with Crippen molar-refractivity contribution in [1.29, 1.82) is 0 Å². The Morgan fingerprint density at radius 3 is 2.19 bits per heavy atom. The van der Waals surface area contributed by atoms with E-state index in [0.717, 1.165) is 11.3 Å². The lowest BCUT2D eigenvalue weighted by molar-refractivity contribution is -0.129. The molecule has 2 amide bonds. The van der Waals surface area contributed by atoms with Gasteiger partial charge in [0.15, 0.2) is 0 Å². The Morgan fingerprint density at radius 1 is 1.04 bits per heavy atom. The maximum absolute atomic E-state index is 12.2. The first-order chi connectivity index (χ1) is 12.3. The smallest absolute Gasteiger partial charge is 0.226 e. The number of carbonyl (C=O) groups is 2. The molecule has 0 atom stereocenters. The second-order valence-electron chi connectivity index (χ2n) is 6.64. The van der Waals surface area contributed by atoms with Crippen LogP contribution in [0, 0.1) is 0 Å². The van der Waals surface area contributed by atoms with E-state index in [9.17, 15) is 9.59 Å². The maximum atomic E-state index is 12.2. The van der Waals surface area contributed by atoms with Crippen LogP contribution in [0.3, 0.4) is 0 Å². The number of halogens is 1. The monoisotopic (exact) mass is 372 g/mol. The first-order valence-corrected chi connectivity index (χ1v) is 9.12. The molecule has 0 radical (unpaired) electrons. The maximum Gasteiger partial charge on any atom is 0.226 e. The number of nitrogens with one attached hydrogen (secondary N) is 1. The molecule has 0 fully saturated rings. The van der Waals surface area contributed by atoms with Gasteiger partial charge in [0.25, 0.3) is 0 Å². The highest BCUT2D eigenvalue weighted by atomic mass is 35.5. The fourth-order valence-corrected chi connectivity index (χ4v) is 2.70. The lowest BCUT2D eigenvalue weighted by Crippen LogP contribution is -2.31. The van der Waals surface area contributed by atoms with Crippen LogP contribution in [-0.4, -0.2) is 23.3 Å². The fraction of sp³-hybridized carbons (Fsp3) is 0.333. The molecule has 0 spiro atoms. The van der Waals surface area contributed by atoms with Crippen LogP contribution in [0.2, 0.25) is 5.02 Å². The van der Waals surface area contributed by atoms with Crippen LogP contribution < -0.4 is 5.32 Å². The molecule has 138 valence electrons. The molecule has 26 heavy (non-hydrogen) atoms. The van der Waals surface area contributed by atoms with Crippen LogP contribution in [0.25, 0.3) is 0 Å². The largest absolute Gasteiger partial charge is 0.338 e. The molecule has 0 saturated carbocycles. The summed E-state index contributed by atoms with van der Waals surface area (Å²) in [6, 6.07) is 15.2. The van der Waals surface area contributed by atoms with Gasteiger partial charge in [-0.15, -0.1) is 0 Å². The van der Waals surface area contributed by atoms with Crippen molar-refractivity contribution in [1.82, 2.24) is 4.90 Å².